The van der Waals surface area contributed by atoms with Crippen molar-refractivity contribution in [1.82, 2.24) is 14.9 Å². The number of hydrogen-bond acceptors (Lipinski definition) is 6. The van der Waals surface area contributed by atoms with Gasteiger partial charge < -0.3 is 19.6 Å². The fraction of sp³-hybridized carbons (Fsp3) is 0.250. The lowest BCUT2D eigenvalue weighted by Crippen LogP contribution is -2.37. The highest BCUT2D eigenvalue weighted by atomic mass is 32.1. The summed E-state index contributed by atoms with van der Waals surface area (Å²) in [6.45, 7) is 1.04. The minimum Gasteiger partial charge on any atom is -0.493 e. The number of nitrogens with zero attached hydrogens (tertiary/aromatic N) is 2. The molecule has 0 saturated carbocycles. The van der Waals surface area contributed by atoms with Gasteiger partial charge in [-0.25, -0.2) is 9.37 Å². The van der Waals surface area contributed by atoms with Gasteiger partial charge in [0.15, 0.2) is 11.5 Å². The maximum absolute atomic E-state index is 13.6. The molecule has 4 aromatic rings. The Hall–Kier alpha value is -3.43. The van der Waals surface area contributed by atoms with Crippen LogP contribution in [0, 0.1) is 5.82 Å². The predicted octanol–water partition coefficient (Wildman–Crippen LogP) is 4.63. The van der Waals surface area contributed by atoms with Gasteiger partial charge in [0.1, 0.15) is 16.9 Å². The van der Waals surface area contributed by atoms with Crippen LogP contribution >= 0.6 is 11.3 Å². The van der Waals surface area contributed by atoms with Crippen LogP contribution in [0.2, 0.25) is 0 Å². The molecule has 0 aliphatic carbocycles. The standard InChI is InChI=1S/C24H22FN3O4S/c1-31-19-6-3-13(9-20(19)32-2)23-27-17-7-8-28(12-21(17)33-23)22(24(29)30)16-11-26-18-10-14(25)4-5-15(16)18/h3-6,9-11,22,26H,7-8,12H2,1-2H3,(H,29,30)/t22-/m0/s1. The first-order valence-electron chi connectivity index (χ1n) is 10.4. The largest absolute Gasteiger partial charge is 0.493 e. The van der Waals surface area contributed by atoms with E-state index >= 15 is 0 Å². The highest BCUT2D eigenvalue weighted by Gasteiger charge is 2.33. The number of hydrogen-bond donors (Lipinski definition) is 2. The van der Waals surface area contributed by atoms with Crippen molar-refractivity contribution in [2.75, 3.05) is 20.8 Å². The third kappa shape index (κ3) is 3.83. The van der Waals surface area contributed by atoms with E-state index in [1.54, 1.807) is 37.8 Å². The van der Waals surface area contributed by atoms with Crippen LogP contribution in [-0.4, -0.2) is 46.7 Å². The second kappa shape index (κ2) is 8.49. The summed E-state index contributed by atoms with van der Waals surface area (Å²) in [6, 6.07) is 9.20. The smallest absolute Gasteiger partial charge is 0.325 e. The van der Waals surface area contributed by atoms with Gasteiger partial charge in [-0.05, 0) is 36.4 Å². The molecule has 2 aromatic carbocycles. The molecule has 170 valence electrons. The fourth-order valence-corrected chi connectivity index (χ4v) is 5.49. The number of fused-ring (bicyclic) bond motifs is 2. The van der Waals surface area contributed by atoms with Crippen LogP contribution in [0.3, 0.4) is 0 Å². The van der Waals surface area contributed by atoms with E-state index in [1.807, 2.05) is 23.1 Å². The van der Waals surface area contributed by atoms with Crippen LogP contribution in [-0.2, 0) is 17.8 Å². The van der Waals surface area contributed by atoms with Crippen LogP contribution in [0.5, 0.6) is 11.5 Å². The Bertz CT molecular complexity index is 1350. The van der Waals surface area contributed by atoms with Crippen LogP contribution in [0.25, 0.3) is 21.5 Å². The molecular formula is C24H22FN3O4S. The van der Waals surface area contributed by atoms with Gasteiger partial charge in [0.25, 0.3) is 0 Å². The number of thiazole rings is 1. The average Bonchev–Trinajstić information content (AvgIpc) is 3.42. The number of H-pyrrole nitrogens is 1. The van der Waals surface area contributed by atoms with E-state index in [4.69, 9.17) is 14.5 Å². The Morgan fingerprint density at radius 1 is 1.21 bits per heavy atom. The van der Waals surface area contributed by atoms with Crippen molar-refractivity contribution in [3.63, 3.8) is 0 Å². The quantitative estimate of drug-likeness (QED) is 0.430. The zero-order chi connectivity index (χ0) is 23.1. The third-order valence-electron chi connectivity index (χ3n) is 5.96. The lowest BCUT2D eigenvalue weighted by Gasteiger charge is -2.31. The van der Waals surface area contributed by atoms with E-state index in [0.717, 1.165) is 21.1 Å². The first kappa shape index (κ1) is 21.4. The van der Waals surface area contributed by atoms with Gasteiger partial charge in [-0.15, -0.1) is 11.3 Å². The highest BCUT2D eigenvalue weighted by molar-refractivity contribution is 7.15. The lowest BCUT2D eigenvalue weighted by atomic mass is 10.0. The number of rotatable bonds is 6. The van der Waals surface area contributed by atoms with Crippen molar-refractivity contribution in [3.05, 3.63) is 64.5 Å². The van der Waals surface area contributed by atoms with Crippen LogP contribution in [0.1, 0.15) is 22.2 Å². The normalized spacial score (nSPS) is 14.8. The fourth-order valence-electron chi connectivity index (χ4n) is 4.36. The number of halogens is 1. The summed E-state index contributed by atoms with van der Waals surface area (Å²) in [7, 11) is 3.19. The van der Waals surface area contributed by atoms with Crippen molar-refractivity contribution < 1.29 is 23.8 Å². The number of aromatic nitrogens is 2. The summed E-state index contributed by atoms with van der Waals surface area (Å²) in [5.41, 5.74) is 3.13. The second-order valence-corrected chi connectivity index (χ2v) is 8.94. The van der Waals surface area contributed by atoms with Crippen molar-refractivity contribution in [2.45, 2.75) is 19.0 Å². The maximum Gasteiger partial charge on any atom is 0.325 e. The summed E-state index contributed by atoms with van der Waals surface area (Å²) in [4.78, 5) is 23.1. The molecule has 1 aliphatic heterocycles. The molecule has 1 aliphatic rings. The van der Waals surface area contributed by atoms with Gasteiger partial charge in [-0.3, -0.25) is 9.69 Å². The number of methoxy groups -OCH3 is 2. The highest BCUT2D eigenvalue weighted by Crippen LogP contribution is 2.38. The number of carboxylic acid groups (broad SMARTS) is 1. The predicted molar refractivity (Wildman–Crippen MR) is 123 cm³/mol. The number of nitrogens with one attached hydrogen (secondary N) is 1. The van der Waals surface area contributed by atoms with E-state index in [2.05, 4.69) is 4.98 Å². The molecule has 0 bridgehead atoms. The maximum atomic E-state index is 13.6. The number of benzene rings is 2. The Balaban J connectivity index is 1.46. The van der Waals surface area contributed by atoms with E-state index in [-0.39, 0.29) is 5.82 Å². The second-order valence-electron chi connectivity index (χ2n) is 7.85. The van der Waals surface area contributed by atoms with Gasteiger partial charge in [0.2, 0.25) is 0 Å². The van der Waals surface area contributed by atoms with Crippen molar-refractivity contribution >= 4 is 28.2 Å². The Labute approximate surface area is 193 Å². The van der Waals surface area contributed by atoms with E-state index in [1.165, 1.54) is 12.1 Å². The molecule has 7 nitrogen and oxygen atoms in total. The van der Waals surface area contributed by atoms with Gasteiger partial charge >= 0.3 is 5.97 Å². The number of aromatic amines is 1. The number of carbonyl (C=O) groups is 1. The molecule has 5 rings (SSSR count). The number of carboxylic acids is 1. The zero-order valence-corrected chi connectivity index (χ0v) is 18.9. The minimum atomic E-state index is -0.937. The molecule has 33 heavy (non-hydrogen) atoms. The molecule has 9 heteroatoms. The summed E-state index contributed by atoms with van der Waals surface area (Å²) in [5, 5.41) is 11.7. The molecule has 0 saturated heterocycles. The Kier molecular flexibility index (Phi) is 5.51. The summed E-state index contributed by atoms with van der Waals surface area (Å²) in [6.07, 6.45) is 2.32. The number of aliphatic carboxylic acids is 1. The van der Waals surface area contributed by atoms with Gasteiger partial charge in [-0.2, -0.15) is 0 Å². The monoisotopic (exact) mass is 467 g/mol. The first-order valence-corrected chi connectivity index (χ1v) is 11.2. The molecule has 2 aromatic heterocycles. The van der Waals surface area contributed by atoms with Crippen LogP contribution in [0.4, 0.5) is 4.39 Å². The SMILES string of the molecule is COc1ccc(-c2nc3c(s2)CN([C@H](C(=O)O)c2c[nH]c4cc(F)ccc24)CC3)cc1OC. The molecule has 1 atom stereocenters. The molecule has 0 radical (unpaired) electrons. The Morgan fingerprint density at radius 3 is 2.79 bits per heavy atom. The molecule has 2 N–H and O–H groups in total. The van der Waals surface area contributed by atoms with E-state index < -0.39 is 12.0 Å². The van der Waals surface area contributed by atoms with Gasteiger partial charge in [-0.1, -0.05) is 0 Å². The molecule has 0 fully saturated rings. The molecule has 0 spiro atoms. The average molecular weight is 468 g/mol. The first-order chi connectivity index (χ1) is 16.0. The summed E-state index contributed by atoms with van der Waals surface area (Å²) < 4.78 is 24.3. The topological polar surface area (TPSA) is 87.7 Å². The summed E-state index contributed by atoms with van der Waals surface area (Å²) in [5.74, 6) is -0.0192. The molecular weight excluding hydrogens is 445 g/mol. The lowest BCUT2D eigenvalue weighted by molar-refractivity contribution is -0.144. The molecule has 3 heterocycles. The minimum absolute atomic E-state index is 0.363. The molecule has 0 amide bonds. The van der Waals surface area contributed by atoms with Crippen molar-refractivity contribution in [1.29, 1.82) is 0 Å². The van der Waals surface area contributed by atoms with E-state index in [9.17, 15) is 14.3 Å². The van der Waals surface area contributed by atoms with Crippen molar-refractivity contribution in [3.8, 4) is 22.1 Å². The van der Waals surface area contributed by atoms with Gasteiger partial charge in [0, 0.05) is 52.6 Å². The van der Waals surface area contributed by atoms with Gasteiger partial charge in [0.05, 0.1) is 19.9 Å². The Morgan fingerprint density at radius 2 is 2.03 bits per heavy atom. The zero-order valence-electron chi connectivity index (χ0n) is 18.1. The van der Waals surface area contributed by atoms with E-state index in [0.29, 0.717) is 47.5 Å². The van der Waals surface area contributed by atoms with Crippen LogP contribution in [0.15, 0.2) is 42.6 Å². The number of ether oxygens (including phenoxy) is 2. The van der Waals surface area contributed by atoms with Crippen molar-refractivity contribution in [2.24, 2.45) is 0 Å². The summed E-state index contributed by atoms with van der Waals surface area (Å²) >= 11 is 1.56. The van der Waals surface area contributed by atoms with Crippen LogP contribution < -0.4 is 9.47 Å². The molecule has 0 unspecified atom stereocenters. The third-order valence-corrected chi connectivity index (χ3v) is 7.09.